The van der Waals surface area contributed by atoms with Crippen LogP contribution in [-0.4, -0.2) is 59.2 Å². The van der Waals surface area contributed by atoms with Gasteiger partial charge in [0.15, 0.2) is 5.78 Å². The number of carbonyl (C=O) groups excluding carboxylic acids is 2. The number of carbonyl (C=O) groups is 2. The number of hydrogen-bond donors (Lipinski definition) is 1. The van der Waals surface area contributed by atoms with Crippen LogP contribution in [0.1, 0.15) is 17.3 Å². The number of para-hydroxylation sites is 1. The summed E-state index contributed by atoms with van der Waals surface area (Å²) in [5.41, 5.74) is 3.62. The number of nitrogens with one attached hydrogen (secondary N) is 1. The Hall–Kier alpha value is -2.92. The van der Waals surface area contributed by atoms with Crippen molar-refractivity contribution in [2.24, 2.45) is 0 Å². The van der Waals surface area contributed by atoms with E-state index in [2.05, 4.69) is 9.88 Å². The quantitative estimate of drug-likeness (QED) is 0.726. The highest BCUT2D eigenvalue weighted by atomic mass is 16.2. The van der Waals surface area contributed by atoms with Crippen molar-refractivity contribution in [3.8, 4) is 11.3 Å². The van der Waals surface area contributed by atoms with Crippen molar-refractivity contribution < 1.29 is 9.59 Å². The Morgan fingerprint density at radius 2 is 1.59 bits per heavy atom. The molecule has 0 unspecified atom stereocenters. The van der Waals surface area contributed by atoms with Crippen LogP contribution in [0.5, 0.6) is 0 Å². The summed E-state index contributed by atoms with van der Waals surface area (Å²) in [5, 5.41) is 0.962. The van der Waals surface area contributed by atoms with E-state index in [0.29, 0.717) is 19.6 Å². The number of nitrogens with zero attached hydrogens (tertiary/aromatic N) is 2. The van der Waals surface area contributed by atoms with Crippen LogP contribution in [0.3, 0.4) is 0 Å². The van der Waals surface area contributed by atoms with Gasteiger partial charge in [0.2, 0.25) is 5.91 Å². The molecule has 0 saturated carbocycles. The fourth-order valence-electron chi connectivity index (χ4n) is 3.76. The second kappa shape index (κ2) is 7.37. The molecule has 1 aliphatic rings. The fourth-order valence-corrected chi connectivity index (χ4v) is 3.76. The van der Waals surface area contributed by atoms with Gasteiger partial charge in [-0.15, -0.1) is 0 Å². The summed E-state index contributed by atoms with van der Waals surface area (Å²) >= 11 is 0. The monoisotopic (exact) mass is 361 g/mol. The van der Waals surface area contributed by atoms with Crippen molar-refractivity contribution >= 4 is 22.6 Å². The Balaban J connectivity index is 1.63. The molecule has 138 valence electrons. The van der Waals surface area contributed by atoms with Gasteiger partial charge in [-0.1, -0.05) is 48.5 Å². The van der Waals surface area contributed by atoms with Gasteiger partial charge in [0, 0.05) is 44.0 Å². The van der Waals surface area contributed by atoms with Crippen molar-refractivity contribution in [1.29, 1.82) is 0 Å². The first-order valence-corrected chi connectivity index (χ1v) is 9.30. The zero-order chi connectivity index (χ0) is 18.8. The first-order valence-electron chi connectivity index (χ1n) is 9.30. The van der Waals surface area contributed by atoms with E-state index in [-0.39, 0.29) is 11.7 Å². The Kier molecular flexibility index (Phi) is 4.77. The number of Topliss-reactive ketones (excluding diaryl/α,β-unsaturated/α-hetero) is 1. The molecule has 4 rings (SSSR count). The van der Waals surface area contributed by atoms with E-state index in [4.69, 9.17) is 0 Å². The lowest BCUT2D eigenvalue weighted by atomic mass is 10.0. The summed E-state index contributed by atoms with van der Waals surface area (Å²) in [7, 11) is 0. The van der Waals surface area contributed by atoms with Crippen molar-refractivity contribution in [2.45, 2.75) is 6.92 Å². The molecule has 1 aromatic heterocycles. The summed E-state index contributed by atoms with van der Waals surface area (Å²) in [5.74, 6) is 0.214. The molecule has 5 nitrogen and oxygen atoms in total. The molecule has 2 aromatic carbocycles. The fraction of sp³-hybridized carbons (Fsp3) is 0.273. The van der Waals surface area contributed by atoms with E-state index in [1.54, 1.807) is 6.92 Å². The zero-order valence-electron chi connectivity index (χ0n) is 15.4. The molecule has 1 saturated heterocycles. The average molecular weight is 361 g/mol. The molecule has 0 radical (unpaired) electrons. The van der Waals surface area contributed by atoms with Crippen molar-refractivity contribution in [3.05, 3.63) is 60.2 Å². The highest BCUT2D eigenvalue weighted by Gasteiger charge is 2.24. The minimum absolute atomic E-state index is 0.101. The number of ketones is 1. The number of benzene rings is 2. The predicted octanol–water partition coefficient (Wildman–Crippen LogP) is 3.18. The lowest BCUT2D eigenvalue weighted by Gasteiger charge is -2.33. The number of fused-ring (bicyclic) bond motifs is 1. The highest BCUT2D eigenvalue weighted by Crippen LogP contribution is 2.30. The molecule has 0 aliphatic carbocycles. The molecule has 0 atom stereocenters. The minimum atomic E-state index is 0.101. The molecule has 2 heterocycles. The van der Waals surface area contributed by atoms with Crippen molar-refractivity contribution in [2.75, 3.05) is 32.7 Å². The molecule has 3 aromatic rings. The predicted molar refractivity (Wildman–Crippen MR) is 107 cm³/mol. The molecule has 0 bridgehead atoms. The number of H-pyrrole nitrogens is 1. The molecule has 1 aliphatic heterocycles. The van der Waals surface area contributed by atoms with Crippen LogP contribution in [0.4, 0.5) is 0 Å². The van der Waals surface area contributed by atoms with Crippen LogP contribution in [-0.2, 0) is 4.79 Å². The molecule has 0 spiro atoms. The van der Waals surface area contributed by atoms with Crippen LogP contribution >= 0.6 is 0 Å². The second-order valence-corrected chi connectivity index (χ2v) is 6.99. The molecule has 1 N–H and O–H groups in total. The summed E-state index contributed by atoms with van der Waals surface area (Å²) in [4.78, 5) is 32.2. The largest absolute Gasteiger partial charge is 0.354 e. The molecule has 1 fully saturated rings. The SMILES string of the molecule is CC(=O)N1CCN(CC(=O)c2c(-c3ccccc3)[nH]c3ccccc23)CC1. The molecule has 27 heavy (non-hydrogen) atoms. The van der Waals surface area contributed by atoms with Gasteiger partial charge in [0.25, 0.3) is 0 Å². The summed E-state index contributed by atoms with van der Waals surface area (Å²) in [6.07, 6.45) is 0. The Labute approximate surface area is 158 Å². The summed E-state index contributed by atoms with van der Waals surface area (Å²) in [6.45, 7) is 4.79. The maximum Gasteiger partial charge on any atom is 0.219 e. The number of rotatable bonds is 4. The Morgan fingerprint density at radius 1 is 0.926 bits per heavy atom. The number of piperazine rings is 1. The van der Waals surface area contributed by atoms with Gasteiger partial charge in [0.05, 0.1) is 17.8 Å². The van der Waals surface area contributed by atoms with Gasteiger partial charge in [-0.25, -0.2) is 0 Å². The van der Waals surface area contributed by atoms with Crippen LogP contribution in [0.15, 0.2) is 54.6 Å². The molecule has 5 heteroatoms. The van der Waals surface area contributed by atoms with Crippen LogP contribution in [0.25, 0.3) is 22.2 Å². The van der Waals surface area contributed by atoms with Crippen LogP contribution in [0.2, 0.25) is 0 Å². The van der Waals surface area contributed by atoms with E-state index in [0.717, 1.165) is 40.8 Å². The van der Waals surface area contributed by atoms with Gasteiger partial charge < -0.3 is 9.88 Å². The normalized spacial score (nSPS) is 15.2. The molecule has 1 amide bonds. The molecular weight excluding hydrogens is 338 g/mol. The van der Waals surface area contributed by atoms with Gasteiger partial charge in [-0.05, 0) is 11.6 Å². The van der Waals surface area contributed by atoms with Gasteiger partial charge in [0.1, 0.15) is 0 Å². The van der Waals surface area contributed by atoms with E-state index in [1.165, 1.54) is 0 Å². The number of aromatic nitrogens is 1. The van der Waals surface area contributed by atoms with E-state index >= 15 is 0 Å². The Bertz CT molecular complexity index is 970. The smallest absolute Gasteiger partial charge is 0.219 e. The van der Waals surface area contributed by atoms with E-state index in [9.17, 15) is 9.59 Å². The summed E-state index contributed by atoms with van der Waals surface area (Å²) < 4.78 is 0. The topological polar surface area (TPSA) is 56.4 Å². The third kappa shape index (κ3) is 3.51. The van der Waals surface area contributed by atoms with Crippen molar-refractivity contribution in [3.63, 3.8) is 0 Å². The van der Waals surface area contributed by atoms with E-state index < -0.39 is 0 Å². The minimum Gasteiger partial charge on any atom is -0.354 e. The van der Waals surface area contributed by atoms with Crippen LogP contribution in [0, 0.1) is 0 Å². The molecular formula is C22H23N3O2. The van der Waals surface area contributed by atoms with Gasteiger partial charge >= 0.3 is 0 Å². The third-order valence-electron chi connectivity index (χ3n) is 5.23. The lowest BCUT2D eigenvalue weighted by Crippen LogP contribution is -2.49. The number of hydrogen-bond acceptors (Lipinski definition) is 3. The lowest BCUT2D eigenvalue weighted by molar-refractivity contribution is -0.130. The van der Waals surface area contributed by atoms with Gasteiger partial charge in [-0.3, -0.25) is 14.5 Å². The van der Waals surface area contributed by atoms with Gasteiger partial charge in [-0.2, -0.15) is 0 Å². The maximum absolute atomic E-state index is 13.3. The Morgan fingerprint density at radius 3 is 2.30 bits per heavy atom. The third-order valence-corrected chi connectivity index (χ3v) is 5.23. The number of amides is 1. The second-order valence-electron chi connectivity index (χ2n) is 6.99. The first-order chi connectivity index (χ1) is 13.1. The highest BCUT2D eigenvalue weighted by molar-refractivity contribution is 6.14. The van der Waals surface area contributed by atoms with Crippen molar-refractivity contribution in [1.82, 2.24) is 14.8 Å². The maximum atomic E-state index is 13.3. The van der Waals surface area contributed by atoms with Crippen LogP contribution < -0.4 is 0 Å². The summed E-state index contributed by atoms with van der Waals surface area (Å²) in [6, 6.07) is 17.9. The zero-order valence-corrected chi connectivity index (χ0v) is 15.4. The van der Waals surface area contributed by atoms with E-state index in [1.807, 2.05) is 59.5 Å². The first kappa shape index (κ1) is 17.5. The standard InChI is InChI=1S/C22H23N3O2/c1-16(26)25-13-11-24(12-14-25)15-20(27)21-18-9-5-6-10-19(18)23-22(21)17-7-3-2-4-8-17/h2-10,23H,11-15H2,1H3. The number of aromatic amines is 1. The average Bonchev–Trinajstić information content (AvgIpc) is 3.09.